The first-order valence-corrected chi connectivity index (χ1v) is 11.7. The molecule has 2 aliphatic carbocycles. The van der Waals surface area contributed by atoms with Crippen molar-refractivity contribution in [2.45, 2.75) is 51.4 Å². The number of rotatable bonds is 10. The molecule has 33 heavy (non-hydrogen) atoms. The third-order valence-electron chi connectivity index (χ3n) is 6.82. The van der Waals surface area contributed by atoms with Gasteiger partial charge in [-0.15, -0.1) is 0 Å². The largest absolute Gasteiger partial charge is 0.481 e. The van der Waals surface area contributed by atoms with E-state index in [1.165, 1.54) is 0 Å². The number of carbonyl (C=O) groups excluding carboxylic acids is 3. The van der Waals surface area contributed by atoms with E-state index in [1.54, 1.807) is 30.3 Å². The van der Waals surface area contributed by atoms with Gasteiger partial charge in [0.15, 0.2) is 11.6 Å². The van der Waals surface area contributed by atoms with Crippen molar-refractivity contribution in [2.24, 2.45) is 11.8 Å². The Morgan fingerprint density at radius 3 is 2.42 bits per heavy atom. The van der Waals surface area contributed by atoms with E-state index in [0.29, 0.717) is 35.1 Å². The number of fused-ring (bicyclic) bond motifs is 3. The van der Waals surface area contributed by atoms with Crippen molar-refractivity contribution in [1.29, 1.82) is 0 Å². The molecule has 170 valence electrons. The minimum Gasteiger partial charge on any atom is -0.481 e. The fourth-order valence-corrected chi connectivity index (χ4v) is 5.12. The van der Waals surface area contributed by atoms with Gasteiger partial charge in [0.25, 0.3) is 0 Å². The third-order valence-corrected chi connectivity index (χ3v) is 6.82. The number of carbonyl (C=O) groups is 4. The van der Waals surface area contributed by atoms with Crippen LogP contribution in [-0.2, 0) is 9.59 Å². The minimum absolute atomic E-state index is 0.0474. The van der Waals surface area contributed by atoms with Crippen LogP contribution in [0, 0.1) is 11.8 Å². The highest BCUT2D eigenvalue weighted by Gasteiger charge is 2.33. The van der Waals surface area contributed by atoms with E-state index in [9.17, 15) is 19.2 Å². The number of aliphatic carboxylic acids is 1. The Kier molecular flexibility index (Phi) is 6.97. The van der Waals surface area contributed by atoms with Crippen LogP contribution in [0.5, 0.6) is 0 Å². The van der Waals surface area contributed by atoms with E-state index in [0.717, 1.165) is 37.7 Å². The van der Waals surface area contributed by atoms with Crippen LogP contribution in [0.4, 0.5) is 0 Å². The molecule has 1 saturated carbocycles. The minimum atomic E-state index is -0.771. The molecular weight excluding hydrogens is 416 g/mol. The van der Waals surface area contributed by atoms with Gasteiger partial charge in [-0.25, -0.2) is 0 Å². The summed E-state index contributed by atoms with van der Waals surface area (Å²) in [5, 5.41) is 8.71. The van der Waals surface area contributed by atoms with Crippen LogP contribution in [0.2, 0.25) is 0 Å². The Labute approximate surface area is 193 Å². The fraction of sp³-hybridized carbons (Fsp3) is 0.357. The molecule has 0 amide bonds. The molecule has 0 saturated heterocycles. The molecule has 0 unspecified atom stereocenters. The summed E-state index contributed by atoms with van der Waals surface area (Å²) in [4.78, 5) is 48.8. The lowest BCUT2D eigenvalue weighted by atomic mass is 9.89. The van der Waals surface area contributed by atoms with E-state index in [4.69, 9.17) is 5.11 Å². The van der Waals surface area contributed by atoms with Crippen molar-refractivity contribution < 1.29 is 24.3 Å². The first kappa shape index (κ1) is 22.8. The summed E-state index contributed by atoms with van der Waals surface area (Å²) < 4.78 is 0. The zero-order chi connectivity index (χ0) is 23.4. The second kappa shape index (κ2) is 10.1. The lowest BCUT2D eigenvalue weighted by molar-refractivity contribution is -0.137. The van der Waals surface area contributed by atoms with E-state index in [1.807, 2.05) is 24.3 Å². The number of carboxylic acids is 1. The highest BCUT2D eigenvalue weighted by atomic mass is 16.4. The van der Waals surface area contributed by atoms with E-state index in [2.05, 4.69) is 0 Å². The van der Waals surface area contributed by atoms with Crippen LogP contribution in [0.25, 0.3) is 11.1 Å². The summed E-state index contributed by atoms with van der Waals surface area (Å²) in [6, 6.07) is 12.6. The zero-order valence-electron chi connectivity index (χ0n) is 18.6. The lowest BCUT2D eigenvalue weighted by Gasteiger charge is -2.15. The smallest absolute Gasteiger partial charge is 0.303 e. The van der Waals surface area contributed by atoms with Gasteiger partial charge >= 0.3 is 5.97 Å². The van der Waals surface area contributed by atoms with Crippen molar-refractivity contribution in [2.75, 3.05) is 0 Å². The second-order valence-electron chi connectivity index (χ2n) is 8.95. The summed E-state index contributed by atoms with van der Waals surface area (Å²) in [5.41, 5.74) is 3.20. The number of carboxylic acid groups (broad SMARTS) is 1. The standard InChI is InChI=1S/C28H28O5/c29-24-16-14-18(19(24)8-3-1-2-4-13-26(31)32)15-17-25(30)22-11-7-12-23-27(22)20-9-5-6-10-21(20)28(23)33/h5-7,9-12,15,17-19H,1-4,8,13-14,16H2,(H,31,32)/t18-,19-/m0/s1. The molecule has 0 bridgehead atoms. The summed E-state index contributed by atoms with van der Waals surface area (Å²) >= 11 is 0. The van der Waals surface area contributed by atoms with Gasteiger partial charge in [-0.05, 0) is 36.8 Å². The van der Waals surface area contributed by atoms with Gasteiger partial charge in [-0.2, -0.15) is 0 Å². The molecule has 2 aliphatic rings. The van der Waals surface area contributed by atoms with Crippen LogP contribution in [0.3, 0.4) is 0 Å². The summed E-state index contributed by atoms with van der Waals surface area (Å²) in [6.45, 7) is 0. The molecule has 0 radical (unpaired) electrons. The number of allylic oxidation sites excluding steroid dienone is 2. The van der Waals surface area contributed by atoms with Crippen molar-refractivity contribution in [1.82, 2.24) is 0 Å². The molecule has 0 spiro atoms. The Hall–Kier alpha value is -3.34. The SMILES string of the molecule is O=C(O)CCCCCC[C@@H]1C(=O)CC[C@H]1C=CC(=O)c1cccc2c1-c1ccccc1C2=O. The lowest BCUT2D eigenvalue weighted by Crippen LogP contribution is -2.13. The average molecular weight is 445 g/mol. The molecule has 0 heterocycles. The highest BCUT2D eigenvalue weighted by Crippen LogP contribution is 2.39. The van der Waals surface area contributed by atoms with Crippen LogP contribution in [0.15, 0.2) is 54.6 Å². The van der Waals surface area contributed by atoms with Crippen LogP contribution < -0.4 is 0 Å². The van der Waals surface area contributed by atoms with Gasteiger partial charge in [0.2, 0.25) is 0 Å². The maximum Gasteiger partial charge on any atom is 0.303 e. The molecule has 1 fully saturated rings. The maximum atomic E-state index is 13.1. The van der Waals surface area contributed by atoms with Gasteiger partial charge in [0, 0.05) is 41.0 Å². The molecule has 2 atom stereocenters. The molecule has 5 heteroatoms. The molecule has 0 aromatic heterocycles. The van der Waals surface area contributed by atoms with Gasteiger partial charge in [-0.1, -0.05) is 67.8 Å². The number of benzene rings is 2. The normalized spacial score (nSPS) is 19.2. The number of hydrogen-bond donors (Lipinski definition) is 1. The van der Waals surface area contributed by atoms with Gasteiger partial charge in [0.05, 0.1) is 0 Å². The van der Waals surface area contributed by atoms with E-state index < -0.39 is 5.97 Å². The Morgan fingerprint density at radius 2 is 1.64 bits per heavy atom. The number of Topliss-reactive ketones (excluding diaryl/α,β-unsaturated/α-hetero) is 1. The maximum absolute atomic E-state index is 13.1. The van der Waals surface area contributed by atoms with Crippen molar-refractivity contribution in [3.8, 4) is 11.1 Å². The van der Waals surface area contributed by atoms with Crippen LogP contribution in [0.1, 0.15) is 77.6 Å². The zero-order valence-corrected chi connectivity index (χ0v) is 18.6. The predicted octanol–water partition coefficient (Wildman–Crippen LogP) is 5.66. The van der Waals surface area contributed by atoms with Crippen LogP contribution >= 0.6 is 0 Å². The molecule has 1 N–H and O–H groups in total. The number of ketones is 3. The van der Waals surface area contributed by atoms with Crippen molar-refractivity contribution in [3.63, 3.8) is 0 Å². The van der Waals surface area contributed by atoms with Gasteiger partial charge < -0.3 is 5.11 Å². The van der Waals surface area contributed by atoms with E-state index in [-0.39, 0.29) is 35.6 Å². The number of hydrogen-bond acceptors (Lipinski definition) is 4. The van der Waals surface area contributed by atoms with Crippen LogP contribution in [-0.4, -0.2) is 28.4 Å². The fourth-order valence-electron chi connectivity index (χ4n) is 5.12. The number of unbranched alkanes of at least 4 members (excludes halogenated alkanes) is 3. The second-order valence-corrected chi connectivity index (χ2v) is 8.95. The average Bonchev–Trinajstić information content (AvgIpc) is 3.31. The van der Waals surface area contributed by atoms with E-state index >= 15 is 0 Å². The van der Waals surface area contributed by atoms with Crippen molar-refractivity contribution in [3.05, 3.63) is 71.3 Å². The monoisotopic (exact) mass is 444 g/mol. The summed E-state index contributed by atoms with van der Waals surface area (Å²) in [6.07, 6.45) is 9.02. The Morgan fingerprint density at radius 1 is 0.909 bits per heavy atom. The summed E-state index contributed by atoms with van der Waals surface area (Å²) in [7, 11) is 0. The van der Waals surface area contributed by atoms with Gasteiger partial charge in [-0.3, -0.25) is 19.2 Å². The summed E-state index contributed by atoms with van der Waals surface area (Å²) in [5.74, 6) is -0.744. The van der Waals surface area contributed by atoms with Gasteiger partial charge in [0.1, 0.15) is 5.78 Å². The van der Waals surface area contributed by atoms with Crippen molar-refractivity contribution >= 4 is 23.3 Å². The molecular formula is C28H28O5. The first-order valence-electron chi connectivity index (χ1n) is 11.7. The molecule has 2 aromatic carbocycles. The topological polar surface area (TPSA) is 88.5 Å². The Balaban J connectivity index is 1.43. The molecule has 5 nitrogen and oxygen atoms in total. The predicted molar refractivity (Wildman–Crippen MR) is 125 cm³/mol. The Bertz CT molecular complexity index is 1130. The first-order chi connectivity index (χ1) is 16.0. The molecule has 0 aliphatic heterocycles. The molecule has 4 rings (SSSR count). The quantitative estimate of drug-likeness (QED) is 0.248. The highest BCUT2D eigenvalue weighted by molar-refractivity contribution is 6.25. The third kappa shape index (κ3) is 4.87. The molecule has 2 aromatic rings.